The van der Waals surface area contributed by atoms with Crippen molar-refractivity contribution in [3.8, 4) is 11.3 Å². The highest BCUT2D eigenvalue weighted by Gasteiger charge is 2.23. The normalized spacial score (nSPS) is 14.9. The predicted octanol–water partition coefficient (Wildman–Crippen LogP) is 2.33. The lowest BCUT2D eigenvalue weighted by Crippen LogP contribution is -2.30. The zero-order chi connectivity index (χ0) is 21.5. The lowest BCUT2D eigenvalue weighted by atomic mass is 10.1. The maximum absolute atomic E-state index is 12.9. The molecule has 0 aliphatic carbocycles. The van der Waals surface area contributed by atoms with Crippen molar-refractivity contribution in [3.05, 3.63) is 46.9 Å². The maximum atomic E-state index is 12.9. The van der Waals surface area contributed by atoms with E-state index >= 15 is 0 Å². The van der Waals surface area contributed by atoms with E-state index in [0.29, 0.717) is 30.3 Å². The van der Waals surface area contributed by atoms with Crippen LogP contribution in [0.2, 0.25) is 0 Å². The van der Waals surface area contributed by atoms with Crippen molar-refractivity contribution in [2.75, 3.05) is 18.5 Å². The van der Waals surface area contributed by atoms with Gasteiger partial charge in [0, 0.05) is 45.1 Å². The van der Waals surface area contributed by atoms with Crippen LogP contribution in [0.3, 0.4) is 0 Å². The Hall–Kier alpha value is -3.53. The van der Waals surface area contributed by atoms with Crippen LogP contribution in [-0.2, 0) is 18.8 Å². The third-order valence-electron chi connectivity index (χ3n) is 5.75. The molecule has 10 heteroatoms. The molecule has 0 saturated carbocycles. The number of aryl methyl sites for hydroxylation is 3. The monoisotopic (exact) mass is 420 g/mol. The van der Waals surface area contributed by atoms with Gasteiger partial charge in [0.1, 0.15) is 5.52 Å². The molecule has 1 aliphatic rings. The molecule has 0 aromatic carbocycles. The van der Waals surface area contributed by atoms with Crippen LogP contribution < -0.4 is 11.0 Å². The first-order valence-electron chi connectivity index (χ1n) is 10.3. The smallest absolute Gasteiger partial charge is 0.330 e. The zero-order valence-corrected chi connectivity index (χ0v) is 17.7. The molecule has 0 unspecified atom stereocenters. The highest BCUT2D eigenvalue weighted by atomic mass is 16.5. The summed E-state index contributed by atoms with van der Waals surface area (Å²) < 4.78 is 10.6. The van der Waals surface area contributed by atoms with E-state index in [9.17, 15) is 4.79 Å². The number of fused-ring (bicyclic) bond motifs is 1. The fraction of sp³-hybridized carbons (Fsp3) is 0.381. The Balaban J connectivity index is 1.49. The number of ether oxygens (including phenoxy) is 1. The summed E-state index contributed by atoms with van der Waals surface area (Å²) >= 11 is 0. The molecule has 0 bridgehead atoms. The van der Waals surface area contributed by atoms with Gasteiger partial charge in [-0.1, -0.05) is 0 Å². The van der Waals surface area contributed by atoms with Crippen LogP contribution in [0.1, 0.15) is 24.4 Å². The topological polar surface area (TPSA) is 105 Å². The highest BCUT2D eigenvalue weighted by molar-refractivity contribution is 5.73. The average Bonchev–Trinajstić information content (AvgIpc) is 3.31. The molecule has 4 aromatic heterocycles. The predicted molar refractivity (Wildman–Crippen MR) is 116 cm³/mol. The third-order valence-corrected chi connectivity index (χ3v) is 5.75. The van der Waals surface area contributed by atoms with Crippen molar-refractivity contribution >= 4 is 22.8 Å². The van der Waals surface area contributed by atoms with Gasteiger partial charge in [0.05, 0.1) is 30.0 Å². The SMILES string of the molecule is Cc1cc(-c2cnn(C)c2)ncc1Nc1ncc2c(n1)n(C1CCOCC1)c(=O)n2C. The molecule has 1 saturated heterocycles. The van der Waals surface area contributed by atoms with Gasteiger partial charge in [-0.25, -0.2) is 9.78 Å². The van der Waals surface area contributed by atoms with E-state index < -0.39 is 0 Å². The number of nitrogens with one attached hydrogen (secondary N) is 1. The molecule has 31 heavy (non-hydrogen) atoms. The van der Waals surface area contributed by atoms with Crippen LogP contribution in [0.4, 0.5) is 11.6 Å². The lowest BCUT2D eigenvalue weighted by Gasteiger charge is -2.22. The standard InChI is InChI=1S/C21H24N8O2/c1-13-8-16(14-9-24-27(2)12-14)22-10-17(13)25-20-23-11-18-19(26-20)29(21(30)28(18)3)15-4-6-31-7-5-15/h8-12,15H,4-7H2,1-3H3,(H,23,25,26). The van der Waals surface area contributed by atoms with Gasteiger partial charge in [0.25, 0.3) is 0 Å². The van der Waals surface area contributed by atoms with Crippen LogP contribution in [0.5, 0.6) is 0 Å². The number of rotatable bonds is 4. The fourth-order valence-electron chi connectivity index (χ4n) is 3.99. The molecule has 5 heterocycles. The molecule has 5 rings (SSSR count). The molecular weight excluding hydrogens is 396 g/mol. The van der Waals surface area contributed by atoms with E-state index in [0.717, 1.165) is 35.3 Å². The molecule has 0 radical (unpaired) electrons. The van der Waals surface area contributed by atoms with Gasteiger partial charge < -0.3 is 10.1 Å². The second-order valence-electron chi connectivity index (χ2n) is 7.87. The van der Waals surface area contributed by atoms with Crippen LogP contribution >= 0.6 is 0 Å². The maximum Gasteiger partial charge on any atom is 0.330 e. The number of hydrogen-bond donors (Lipinski definition) is 1. The van der Waals surface area contributed by atoms with E-state index in [4.69, 9.17) is 9.72 Å². The van der Waals surface area contributed by atoms with Gasteiger partial charge in [0.2, 0.25) is 5.95 Å². The molecule has 0 spiro atoms. The average molecular weight is 420 g/mol. The Morgan fingerprint density at radius 3 is 2.65 bits per heavy atom. The third kappa shape index (κ3) is 3.48. The Morgan fingerprint density at radius 1 is 1.13 bits per heavy atom. The van der Waals surface area contributed by atoms with Gasteiger partial charge in [-0.3, -0.25) is 18.8 Å². The van der Waals surface area contributed by atoms with Crippen LogP contribution in [0, 0.1) is 6.92 Å². The number of nitrogens with zero attached hydrogens (tertiary/aromatic N) is 7. The summed E-state index contributed by atoms with van der Waals surface area (Å²) in [4.78, 5) is 26.5. The minimum absolute atomic E-state index is 0.0768. The summed E-state index contributed by atoms with van der Waals surface area (Å²) in [5.41, 5.74) is 4.89. The Morgan fingerprint density at radius 2 is 1.94 bits per heavy atom. The summed E-state index contributed by atoms with van der Waals surface area (Å²) in [5.74, 6) is 0.429. The molecule has 1 aliphatic heterocycles. The van der Waals surface area contributed by atoms with E-state index in [-0.39, 0.29) is 11.7 Å². The second-order valence-corrected chi connectivity index (χ2v) is 7.87. The number of pyridine rings is 1. The van der Waals surface area contributed by atoms with Gasteiger partial charge >= 0.3 is 5.69 Å². The molecule has 1 N–H and O–H groups in total. The van der Waals surface area contributed by atoms with E-state index in [1.807, 2.05) is 26.2 Å². The van der Waals surface area contributed by atoms with Crippen molar-refractivity contribution < 1.29 is 4.74 Å². The first-order valence-corrected chi connectivity index (χ1v) is 10.3. The van der Waals surface area contributed by atoms with Gasteiger partial charge in [0.15, 0.2) is 5.65 Å². The molecule has 0 atom stereocenters. The van der Waals surface area contributed by atoms with Crippen molar-refractivity contribution in [1.82, 2.24) is 33.9 Å². The van der Waals surface area contributed by atoms with Crippen LogP contribution in [0.15, 0.2) is 35.6 Å². The number of hydrogen-bond acceptors (Lipinski definition) is 7. The highest BCUT2D eigenvalue weighted by Crippen LogP contribution is 2.26. The van der Waals surface area contributed by atoms with Crippen LogP contribution in [0.25, 0.3) is 22.4 Å². The van der Waals surface area contributed by atoms with Crippen molar-refractivity contribution in [2.24, 2.45) is 14.1 Å². The zero-order valence-electron chi connectivity index (χ0n) is 17.7. The molecular formula is C21H24N8O2. The summed E-state index contributed by atoms with van der Waals surface area (Å²) in [5, 5.41) is 7.45. The second kappa shape index (κ2) is 7.62. The first kappa shape index (κ1) is 19.4. The van der Waals surface area contributed by atoms with Crippen molar-refractivity contribution in [3.63, 3.8) is 0 Å². The van der Waals surface area contributed by atoms with Crippen molar-refractivity contribution in [2.45, 2.75) is 25.8 Å². The molecule has 1 fully saturated rings. The summed E-state index contributed by atoms with van der Waals surface area (Å²) in [7, 11) is 3.63. The minimum Gasteiger partial charge on any atom is -0.381 e. The van der Waals surface area contributed by atoms with Crippen LogP contribution in [-0.4, -0.2) is 47.1 Å². The Labute approximate surface area is 178 Å². The Kier molecular flexibility index (Phi) is 4.78. The van der Waals surface area contributed by atoms with E-state index in [1.165, 1.54) is 0 Å². The number of anilines is 2. The summed E-state index contributed by atoms with van der Waals surface area (Å²) in [6.45, 7) is 3.30. The fourth-order valence-corrected chi connectivity index (χ4v) is 3.99. The van der Waals surface area contributed by atoms with E-state index in [2.05, 4.69) is 20.4 Å². The van der Waals surface area contributed by atoms with Gasteiger partial charge in [-0.2, -0.15) is 10.1 Å². The Bertz CT molecular complexity index is 1310. The molecule has 10 nitrogen and oxygen atoms in total. The molecule has 0 amide bonds. The molecule has 4 aromatic rings. The summed E-state index contributed by atoms with van der Waals surface area (Å²) in [6.07, 6.45) is 8.76. The molecule has 160 valence electrons. The summed E-state index contributed by atoms with van der Waals surface area (Å²) in [6, 6.07) is 2.08. The lowest BCUT2D eigenvalue weighted by molar-refractivity contribution is 0.0695. The van der Waals surface area contributed by atoms with Gasteiger partial charge in [-0.15, -0.1) is 0 Å². The minimum atomic E-state index is -0.0768. The largest absolute Gasteiger partial charge is 0.381 e. The van der Waals surface area contributed by atoms with E-state index in [1.54, 1.807) is 39.5 Å². The quantitative estimate of drug-likeness (QED) is 0.540. The number of aromatic nitrogens is 7. The van der Waals surface area contributed by atoms with Crippen molar-refractivity contribution in [1.29, 1.82) is 0 Å². The first-order chi connectivity index (χ1) is 15.0. The number of imidazole rings is 1. The van der Waals surface area contributed by atoms with Gasteiger partial charge in [-0.05, 0) is 31.4 Å².